The van der Waals surface area contributed by atoms with Crippen LogP contribution in [-0.4, -0.2) is 60.4 Å². The van der Waals surface area contributed by atoms with Gasteiger partial charge in [-0.1, -0.05) is 0 Å². The lowest BCUT2D eigenvalue weighted by molar-refractivity contribution is -0.136. The van der Waals surface area contributed by atoms with Gasteiger partial charge in [0.25, 0.3) is 5.91 Å². The van der Waals surface area contributed by atoms with E-state index in [0.717, 1.165) is 6.07 Å². The fraction of sp³-hybridized carbons (Fsp3) is 0.421. The van der Waals surface area contributed by atoms with Gasteiger partial charge in [0.15, 0.2) is 0 Å². The number of nitrogens with one attached hydrogen (secondary N) is 2. The zero-order valence-electron chi connectivity index (χ0n) is 16.7. The van der Waals surface area contributed by atoms with Crippen LogP contribution in [0.5, 0.6) is 0 Å². The SMILES string of the molecule is COC(=O)C1=C(Nc2ccc(F)c(NC(=O)OC(C)(C)C)c2)C(=O)N(CCO)C1. The minimum absolute atomic E-state index is 0.0292. The van der Waals surface area contributed by atoms with Crippen LogP contribution >= 0.6 is 0 Å². The molecule has 0 saturated carbocycles. The summed E-state index contributed by atoms with van der Waals surface area (Å²) >= 11 is 0. The Morgan fingerprint density at radius 3 is 2.59 bits per heavy atom. The molecule has 158 valence electrons. The van der Waals surface area contributed by atoms with E-state index in [4.69, 9.17) is 14.6 Å². The van der Waals surface area contributed by atoms with E-state index in [1.807, 2.05) is 0 Å². The lowest BCUT2D eigenvalue weighted by atomic mass is 10.2. The molecular formula is C19H24FN3O6. The van der Waals surface area contributed by atoms with E-state index >= 15 is 0 Å². The second-order valence-corrected chi connectivity index (χ2v) is 7.24. The molecule has 0 bridgehead atoms. The van der Waals surface area contributed by atoms with Crippen molar-refractivity contribution in [2.45, 2.75) is 26.4 Å². The molecule has 2 rings (SSSR count). The molecule has 0 spiro atoms. The van der Waals surface area contributed by atoms with Gasteiger partial charge >= 0.3 is 12.1 Å². The number of hydrogen-bond acceptors (Lipinski definition) is 7. The summed E-state index contributed by atoms with van der Waals surface area (Å²) in [6.07, 6.45) is -0.839. The van der Waals surface area contributed by atoms with E-state index < -0.39 is 29.4 Å². The minimum Gasteiger partial charge on any atom is -0.466 e. The number of β-amino-alcohol motifs (C(OH)–C–C–N with tert-alkyl or cyclic N) is 1. The zero-order valence-corrected chi connectivity index (χ0v) is 16.7. The van der Waals surface area contributed by atoms with E-state index in [1.165, 1.54) is 24.1 Å². The summed E-state index contributed by atoms with van der Waals surface area (Å²) in [5.74, 6) is -1.91. The van der Waals surface area contributed by atoms with Crippen molar-refractivity contribution < 1.29 is 33.4 Å². The van der Waals surface area contributed by atoms with Crippen molar-refractivity contribution in [2.24, 2.45) is 0 Å². The van der Waals surface area contributed by atoms with Gasteiger partial charge in [0, 0.05) is 12.2 Å². The van der Waals surface area contributed by atoms with Crippen LogP contribution in [0.4, 0.5) is 20.6 Å². The normalized spacial score (nSPS) is 14.1. The summed E-state index contributed by atoms with van der Waals surface area (Å²) in [5.41, 5.74) is -0.629. The van der Waals surface area contributed by atoms with Crippen molar-refractivity contribution in [1.82, 2.24) is 4.90 Å². The van der Waals surface area contributed by atoms with Gasteiger partial charge in [0.1, 0.15) is 17.1 Å². The quantitative estimate of drug-likeness (QED) is 0.614. The molecule has 1 aromatic rings. The maximum Gasteiger partial charge on any atom is 0.412 e. The van der Waals surface area contributed by atoms with Crippen LogP contribution in [0.1, 0.15) is 20.8 Å². The Balaban J connectivity index is 2.27. The summed E-state index contributed by atoms with van der Waals surface area (Å²) in [5, 5.41) is 14.2. The summed E-state index contributed by atoms with van der Waals surface area (Å²) in [7, 11) is 1.19. The molecule has 9 nitrogen and oxygen atoms in total. The van der Waals surface area contributed by atoms with Crippen LogP contribution in [0.25, 0.3) is 0 Å². The summed E-state index contributed by atoms with van der Waals surface area (Å²) < 4.78 is 23.9. The molecule has 0 aromatic heterocycles. The lowest BCUT2D eigenvalue weighted by Gasteiger charge is -2.20. The molecule has 0 unspecified atom stereocenters. The number of anilines is 2. The molecule has 1 aromatic carbocycles. The van der Waals surface area contributed by atoms with Gasteiger partial charge in [-0.05, 0) is 39.0 Å². The van der Waals surface area contributed by atoms with Gasteiger partial charge in [-0.3, -0.25) is 10.1 Å². The molecule has 3 N–H and O–H groups in total. The van der Waals surface area contributed by atoms with Crippen LogP contribution in [0, 0.1) is 5.82 Å². The van der Waals surface area contributed by atoms with Crippen molar-refractivity contribution in [1.29, 1.82) is 0 Å². The van der Waals surface area contributed by atoms with Crippen LogP contribution in [-0.2, 0) is 19.1 Å². The van der Waals surface area contributed by atoms with Crippen LogP contribution < -0.4 is 10.6 Å². The molecule has 1 heterocycles. The number of amides is 2. The van der Waals surface area contributed by atoms with Crippen molar-refractivity contribution in [3.8, 4) is 0 Å². The first-order valence-corrected chi connectivity index (χ1v) is 8.84. The first-order valence-electron chi connectivity index (χ1n) is 8.84. The highest BCUT2D eigenvalue weighted by Gasteiger charge is 2.34. The van der Waals surface area contributed by atoms with Crippen LogP contribution in [0.2, 0.25) is 0 Å². The monoisotopic (exact) mass is 409 g/mol. The number of halogens is 1. The van der Waals surface area contributed by atoms with E-state index in [2.05, 4.69) is 10.6 Å². The maximum absolute atomic E-state index is 14.1. The van der Waals surface area contributed by atoms with Crippen LogP contribution in [0.3, 0.4) is 0 Å². The highest BCUT2D eigenvalue weighted by atomic mass is 19.1. The predicted molar refractivity (Wildman–Crippen MR) is 103 cm³/mol. The molecule has 0 aliphatic carbocycles. The average molecular weight is 409 g/mol. The van der Waals surface area contributed by atoms with E-state index in [1.54, 1.807) is 20.8 Å². The van der Waals surface area contributed by atoms with E-state index in [0.29, 0.717) is 0 Å². The second kappa shape index (κ2) is 8.91. The molecule has 1 aliphatic heterocycles. The molecule has 0 saturated heterocycles. The Bertz CT molecular complexity index is 847. The first-order chi connectivity index (χ1) is 13.6. The zero-order chi connectivity index (χ0) is 21.8. The Kier molecular flexibility index (Phi) is 6.80. The molecule has 1 aliphatic rings. The minimum atomic E-state index is -0.839. The third kappa shape index (κ3) is 5.67. The average Bonchev–Trinajstić information content (AvgIpc) is 2.92. The molecule has 0 radical (unpaired) electrons. The lowest BCUT2D eigenvalue weighted by Crippen LogP contribution is -2.31. The van der Waals surface area contributed by atoms with Crippen molar-refractivity contribution in [3.63, 3.8) is 0 Å². The number of hydrogen-bond donors (Lipinski definition) is 3. The number of nitrogens with zero attached hydrogens (tertiary/aromatic N) is 1. The van der Waals surface area contributed by atoms with Crippen LogP contribution in [0.15, 0.2) is 29.5 Å². The number of rotatable bonds is 6. The highest BCUT2D eigenvalue weighted by molar-refractivity contribution is 6.08. The fourth-order valence-corrected chi connectivity index (χ4v) is 2.61. The molecule has 29 heavy (non-hydrogen) atoms. The second-order valence-electron chi connectivity index (χ2n) is 7.24. The molecular weight excluding hydrogens is 385 g/mol. The summed E-state index contributed by atoms with van der Waals surface area (Å²) in [6.45, 7) is 4.76. The molecule has 10 heteroatoms. The van der Waals surface area contributed by atoms with Crippen molar-refractivity contribution in [3.05, 3.63) is 35.3 Å². The van der Waals surface area contributed by atoms with E-state index in [-0.39, 0.29) is 42.3 Å². The van der Waals surface area contributed by atoms with Gasteiger partial charge < -0.3 is 24.8 Å². The Labute approximate surface area is 167 Å². The van der Waals surface area contributed by atoms with Gasteiger partial charge in [-0.2, -0.15) is 0 Å². The third-order valence-electron chi connectivity index (χ3n) is 3.82. The highest BCUT2D eigenvalue weighted by Crippen LogP contribution is 2.26. The van der Waals surface area contributed by atoms with Gasteiger partial charge in [-0.25, -0.2) is 14.0 Å². The van der Waals surface area contributed by atoms with E-state index in [9.17, 15) is 18.8 Å². The Morgan fingerprint density at radius 2 is 2.00 bits per heavy atom. The Hall–Kier alpha value is -3.14. The maximum atomic E-state index is 14.1. The third-order valence-corrected chi connectivity index (χ3v) is 3.82. The number of carbonyl (C=O) groups is 3. The fourth-order valence-electron chi connectivity index (χ4n) is 2.61. The first kappa shape index (κ1) is 22.2. The number of benzene rings is 1. The van der Waals surface area contributed by atoms with Crippen molar-refractivity contribution >= 4 is 29.3 Å². The summed E-state index contributed by atoms with van der Waals surface area (Å²) in [4.78, 5) is 37.7. The molecule has 2 amide bonds. The number of ether oxygens (including phenoxy) is 2. The van der Waals surface area contributed by atoms with Gasteiger partial charge in [-0.15, -0.1) is 0 Å². The molecule has 0 fully saturated rings. The number of carbonyl (C=O) groups excluding carboxylic acids is 3. The van der Waals surface area contributed by atoms with Crippen molar-refractivity contribution in [2.75, 3.05) is 37.4 Å². The predicted octanol–water partition coefficient (Wildman–Crippen LogP) is 1.85. The number of aliphatic hydroxyl groups is 1. The standard InChI is InChI=1S/C19H24FN3O6/c1-19(2,3)29-18(27)22-14-9-11(5-6-13(14)20)21-15-12(17(26)28-4)10-23(7-8-24)16(15)25/h5-6,9,21,24H,7-8,10H2,1-4H3,(H,22,27). The summed E-state index contributed by atoms with van der Waals surface area (Å²) in [6, 6.07) is 3.71. The largest absolute Gasteiger partial charge is 0.466 e. The number of methoxy groups -OCH3 is 1. The topological polar surface area (TPSA) is 117 Å². The van der Waals surface area contributed by atoms with Gasteiger partial charge in [0.2, 0.25) is 0 Å². The number of esters is 1. The molecule has 0 atom stereocenters. The smallest absolute Gasteiger partial charge is 0.412 e. The Morgan fingerprint density at radius 1 is 1.31 bits per heavy atom. The van der Waals surface area contributed by atoms with Gasteiger partial charge in [0.05, 0.1) is 31.5 Å². The number of aliphatic hydroxyl groups excluding tert-OH is 1.